The molecule has 0 aliphatic carbocycles. The molecule has 0 N–H and O–H groups in total. The minimum Gasteiger partial charge on any atom is -0.444 e. The van der Waals surface area contributed by atoms with Crippen molar-refractivity contribution in [3.63, 3.8) is 0 Å². The second-order valence-corrected chi connectivity index (χ2v) is 8.79. The highest BCUT2D eigenvalue weighted by molar-refractivity contribution is 5.86. The number of amides is 2. The van der Waals surface area contributed by atoms with Gasteiger partial charge in [-0.15, -0.1) is 0 Å². The van der Waals surface area contributed by atoms with Gasteiger partial charge in [0.1, 0.15) is 17.3 Å². The fraction of sp³-hybridized carbons (Fsp3) is 0.900. The Labute approximate surface area is 163 Å². The lowest BCUT2D eigenvalue weighted by Gasteiger charge is -2.39. The number of ether oxygens (including phenoxy) is 1. The fourth-order valence-corrected chi connectivity index (χ4v) is 3.77. The SMILES string of the molecule is CCC(F)(CC)CN1CCN(C(=O)C2CCCN2C(=O)OC(C)(C)C)CC1. The number of piperazine rings is 1. The van der Waals surface area contributed by atoms with Gasteiger partial charge in [0, 0.05) is 39.3 Å². The van der Waals surface area contributed by atoms with Gasteiger partial charge in [-0.25, -0.2) is 9.18 Å². The Morgan fingerprint density at radius 3 is 2.15 bits per heavy atom. The minimum absolute atomic E-state index is 0.00416. The molecule has 2 aliphatic rings. The summed E-state index contributed by atoms with van der Waals surface area (Å²) in [6.45, 7) is 12.8. The van der Waals surface area contributed by atoms with Gasteiger partial charge in [0.05, 0.1) is 0 Å². The summed E-state index contributed by atoms with van der Waals surface area (Å²) in [5.74, 6) is -0.00416. The number of alkyl halides is 1. The zero-order valence-corrected chi connectivity index (χ0v) is 17.6. The van der Waals surface area contributed by atoms with Crippen molar-refractivity contribution < 1.29 is 18.7 Å². The highest BCUT2D eigenvalue weighted by atomic mass is 19.1. The summed E-state index contributed by atoms with van der Waals surface area (Å²) < 4.78 is 20.1. The monoisotopic (exact) mass is 385 g/mol. The van der Waals surface area contributed by atoms with Gasteiger partial charge in [0.25, 0.3) is 0 Å². The van der Waals surface area contributed by atoms with Crippen LogP contribution in [0.15, 0.2) is 0 Å². The molecule has 0 bridgehead atoms. The predicted octanol–water partition coefficient (Wildman–Crippen LogP) is 3.06. The van der Waals surface area contributed by atoms with Crippen LogP contribution in [-0.2, 0) is 9.53 Å². The molecule has 156 valence electrons. The summed E-state index contributed by atoms with van der Waals surface area (Å²) in [5.41, 5.74) is -1.72. The molecular weight excluding hydrogens is 349 g/mol. The van der Waals surface area contributed by atoms with Gasteiger partial charge in [0.15, 0.2) is 0 Å². The molecule has 2 rings (SSSR count). The van der Waals surface area contributed by atoms with Crippen LogP contribution in [0.25, 0.3) is 0 Å². The third kappa shape index (κ3) is 5.80. The summed E-state index contributed by atoms with van der Waals surface area (Å²) in [6.07, 6.45) is 2.10. The van der Waals surface area contributed by atoms with Crippen LogP contribution in [-0.4, -0.2) is 83.3 Å². The van der Waals surface area contributed by atoms with Crippen molar-refractivity contribution in [1.29, 1.82) is 0 Å². The first-order chi connectivity index (χ1) is 12.6. The number of carbonyl (C=O) groups is 2. The number of likely N-dealkylation sites (tertiary alicyclic amines) is 1. The van der Waals surface area contributed by atoms with E-state index >= 15 is 0 Å². The van der Waals surface area contributed by atoms with E-state index in [1.165, 1.54) is 0 Å². The van der Waals surface area contributed by atoms with Crippen molar-refractivity contribution in [1.82, 2.24) is 14.7 Å². The first-order valence-corrected chi connectivity index (χ1v) is 10.3. The normalized spacial score (nSPS) is 22.2. The Hall–Kier alpha value is -1.37. The third-order valence-electron chi connectivity index (χ3n) is 5.62. The Morgan fingerprint density at radius 1 is 1.04 bits per heavy atom. The number of halogens is 1. The minimum atomic E-state index is -1.15. The molecule has 2 heterocycles. The Balaban J connectivity index is 1.90. The van der Waals surface area contributed by atoms with Gasteiger partial charge < -0.3 is 9.64 Å². The summed E-state index contributed by atoms with van der Waals surface area (Å²) in [4.78, 5) is 30.9. The van der Waals surface area contributed by atoms with Crippen molar-refractivity contribution in [2.24, 2.45) is 0 Å². The number of hydrogen-bond acceptors (Lipinski definition) is 4. The molecule has 6 nitrogen and oxygen atoms in total. The van der Waals surface area contributed by atoms with E-state index in [9.17, 15) is 14.0 Å². The van der Waals surface area contributed by atoms with Gasteiger partial charge in [-0.2, -0.15) is 0 Å². The largest absolute Gasteiger partial charge is 0.444 e. The van der Waals surface area contributed by atoms with Gasteiger partial charge in [-0.1, -0.05) is 13.8 Å². The number of rotatable bonds is 5. The number of hydrogen-bond donors (Lipinski definition) is 0. The Bertz CT molecular complexity index is 523. The molecule has 0 aromatic carbocycles. The molecule has 0 aromatic heterocycles. The second-order valence-electron chi connectivity index (χ2n) is 8.79. The molecule has 27 heavy (non-hydrogen) atoms. The molecule has 0 spiro atoms. The molecule has 2 saturated heterocycles. The van der Waals surface area contributed by atoms with E-state index in [2.05, 4.69) is 4.90 Å². The summed E-state index contributed by atoms with van der Waals surface area (Å²) in [7, 11) is 0. The average Bonchev–Trinajstić information content (AvgIpc) is 3.10. The van der Waals surface area contributed by atoms with E-state index in [0.29, 0.717) is 58.5 Å². The lowest BCUT2D eigenvalue weighted by molar-refractivity contribution is -0.138. The quantitative estimate of drug-likeness (QED) is 0.730. The lowest BCUT2D eigenvalue weighted by atomic mass is 9.98. The van der Waals surface area contributed by atoms with Crippen LogP contribution in [0.4, 0.5) is 9.18 Å². The molecule has 2 aliphatic heterocycles. The number of carbonyl (C=O) groups excluding carboxylic acids is 2. The average molecular weight is 386 g/mol. The van der Waals surface area contributed by atoms with E-state index in [1.807, 2.05) is 39.5 Å². The highest BCUT2D eigenvalue weighted by Crippen LogP contribution is 2.25. The first-order valence-electron chi connectivity index (χ1n) is 10.3. The molecule has 7 heteroatoms. The Morgan fingerprint density at radius 2 is 1.63 bits per heavy atom. The molecule has 2 amide bonds. The van der Waals surface area contributed by atoms with Crippen LogP contribution in [0.2, 0.25) is 0 Å². The smallest absolute Gasteiger partial charge is 0.410 e. The topological polar surface area (TPSA) is 53.1 Å². The maximum Gasteiger partial charge on any atom is 0.410 e. The Kier molecular flexibility index (Phi) is 7.11. The zero-order valence-electron chi connectivity index (χ0n) is 17.6. The van der Waals surface area contributed by atoms with Crippen LogP contribution in [0, 0.1) is 0 Å². The van der Waals surface area contributed by atoms with Crippen LogP contribution < -0.4 is 0 Å². The lowest BCUT2D eigenvalue weighted by Crippen LogP contribution is -2.56. The molecule has 1 atom stereocenters. The van der Waals surface area contributed by atoms with Gasteiger partial charge in [-0.3, -0.25) is 14.6 Å². The zero-order chi connectivity index (χ0) is 20.2. The maximum absolute atomic E-state index is 14.6. The van der Waals surface area contributed by atoms with Crippen molar-refractivity contribution in [2.45, 2.75) is 77.6 Å². The first kappa shape index (κ1) is 21.9. The second kappa shape index (κ2) is 8.76. The summed E-state index contributed by atoms with van der Waals surface area (Å²) in [5, 5.41) is 0. The number of nitrogens with zero attached hydrogens (tertiary/aromatic N) is 3. The van der Waals surface area contributed by atoms with Gasteiger partial charge in [-0.05, 0) is 46.5 Å². The van der Waals surface area contributed by atoms with Crippen LogP contribution in [0.1, 0.15) is 60.3 Å². The predicted molar refractivity (Wildman–Crippen MR) is 103 cm³/mol. The van der Waals surface area contributed by atoms with Crippen molar-refractivity contribution in [3.8, 4) is 0 Å². The van der Waals surface area contributed by atoms with E-state index in [4.69, 9.17) is 4.74 Å². The standard InChI is InChI=1S/C20H36FN3O3/c1-6-20(21,7-2)15-22-11-13-23(14-12-22)17(25)16-9-8-10-24(16)18(26)27-19(3,4)5/h16H,6-15H2,1-5H3. The molecule has 2 fully saturated rings. The van der Waals surface area contributed by atoms with Crippen molar-refractivity contribution in [2.75, 3.05) is 39.3 Å². The maximum atomic E-state index is 14.6. The van der Waals surface area contributed by atoms with Crippen LogP contribution in [0.5, 0.6) is 0 Å². The van der Waals surface area contributed by atoms with E-state index in [1.54, 1.807) is 4.90 Å². The van der Waals surface area contributed by atoms with Crippen molar-refractivity contribution >= 4 is 12.0 Å². The fourth-order valence-electron chi connectivity index (χ4n) is 3.77. The van der Waals surface area contributed by atoms with E-state index in [0.717, 1.165) is 6.42 Å². The highest BCUT2D eigenvalue weighted by Gasteiger charge is 2.39. The van der Waals surface area contributed by atoms with E-state index < -0.39 is 23.4 Å². The molecule has 1 unspecified atom stereocenters. The van der Waals surface area contributed by atoms with E-state index in [-0.39, 0.29) is 5.91 Å². The van der Waals surface area contributed by atoms with Gasteiger partial charge in [0.2, 0.25) is 5.91 Å². The molecule has 0 saturated carbocycles. The summed E-state index contributed by atoms with van der Waals surface area (Å²) in [6, 6.07) is -0.432. The molecule has 0 aromatic rings. The third-order valence-corrected chi connectivity index (χ3v) is 5.62. The van der Waals surface area contributed by atoms with Crippen LogP contribution in [0.3, 0.4) is 0 Å². The van der Waals surface area contributed by atoms with Crippen molar-refractivity contribution in [3.05, 3.63) is 0 Å². The summed E-state index contributed by atoms with van der Waals surface area (Å²) >= 11 is 0. The molecule has 0 radical (unpaired) electrons. The van der Waals surface area contributed by atoms with Crippen LogP contribution >= 0.6 is 0 Å². The van der Waals surface area contributed by atoms with Gasteiger partial charge >= 0.3 is 6.09 Å². The molecular formula is C20H36FN3O3.